The van der Waals surface area contributed by atoms with E-state index >= 15 is 0 Å². The molecule has 30 heavy (non-hydrogen) atoms. The number of benzene rings is 2. The van der Waals surface area contributed by atoms with Crippen molar-refractivity contribution in [3.05, 3.63) is 69.2 Å². The largest absolute Gasteiger partial charge is 0.396 e. The van der Waals surface area contributed by atoms with Gasteiger partial charge in [-0.1, -0.05) is 67.4 Å². The average molecular weight is 449 g/mol. The van der Waals surface area contributed by atoms with Gasteiger partial charge >= 0.3 is 0 Å². The Morgan fingerprint density at radius 3 is 2.57 bits per heavy atom. The first-order valence-corrected chi connectivity index (χ1v) is 11.2. The van der Waals surface area contributed by atoms with Crippen molar-refractivity contribution >= 4 is 29.1 Å². The van der Waals surface area contributed by atoms with Crippen molar-refractivity contribution in [2.45, 2.75) is 38.1 Å². The maximum Gasteiger partial charge on any atom is 0.227 e. The lowest BCUT2D eigenvalue weighted by atomic mass is 9.83. The molecule has 2 aromatic carbocycles. The molecule has 162 valence electrons. The molecule has 1 heterocycles. The zero-order valence-corrected chi connectivity index (χ0v) is 19.4. The molecule has 0 spiro atoms. The van der Waals surface area contributed by atoms with E-state index in [1.54, 1.807) is 6.07 Å². The average Bonchev–Trinajstić information content (AvgIpc) is 2.72. The number of hydrogen-bond acceptors (Lipinski definition) is 3. The van der Waals surface area contributed by atoms with E-state index in [1.807, 2.05) is 36.2 Å². The first kappa shape index (κ1) is 23.1. The molecule has 3 rings (SSSR count). The normalized spacial score (nSPS) is 20.0. The van der Waals surface area contributed by atoms with Crippen molar-refractivity contribution < 1.29 is 9.90 Å². The highest BCUT2D eigenvalue weighted by Gasteiger charge is 2.42. The highest BCUT2D eigenvalue weighted by Crippen LogP contribution is 2.37. The van der Waals surface area contributed by atoms with Crippen LogP contribution in [-0.4, -0.2) is 54.1 Å². The summed E-state index contributed by atoms with van der Waals surface area (Å²) in [6, 6.07) is 13.8. The number of aliphatic hydroxyl groups excluding tert-OH is 1. The number of carbonyl (C=O) groups is 1. The molecular formula is C24H30Cl2N2O2. The van der Waals surface area contributed by atoms with Gasteiger partial charge in [-0.2, -0.15) is 0 Å². The monoisotopic (exact) mass is 448 g/mol. The van der Waals surface area contributed by atoms with Crippen LogP contribution < -0.4 is 0 Å². The first-order valence-electron chi connectivity index (χ1n) is 10.4. The number of aliphatic hydroxyl groups is 1. The molecule has 4 nitrogen and oxygen atoms in total. The Morgan fingerprint density at radius 1 is 1.13 bits per heavy atom. The van der Waals surface area contributed by atoms with Gasteiger partial charge in [-0.25, -0.2) is 0 Å². The van der Waals surface area contributed by atoms with Crippen LogP contribution in [0.25, 0.3) is 0 Å². The summed E-state index contributed by atoms with van der Waals surface area (Å²) >= 11 is 12.4. The molecule has 1 saturated heterocycles. The summed E-state index contributed by atoms with van der Waals surface area (Å²) in [6.45, 7) is 6.21. The molecule has 1 unspecified atom stereocenters. The van der Waals surface area contributed by atoms with Crippen molar-refractivity contribution in [1.29, 1.82) is 0 Å². The fourth-order valence-electron chi connectivity index (χ4n) is 4.26. The lowest BCUT2D eigenvalue weighted by Gasteiger charge is -2.50. The summed E-state index contributed by atoms with van der Waals surface area (Å²) in [6.07, 6.45) is 0.884. The lowest BCUT2D eigenvalue weighted by Crippen LogP contribution is -2.60. The first-order chi connectivity index (χ1) is 14.3. The summed E-state index contributed by atoms with van der Waals surface area (Å²) in [5.74, 6) is 0.530. The Hall–Kier alpha value is -1.59. The second-order valence-electron chi connectivity index (χ2n) is 8.45. The van der Waals surface area contributed by atoms with E-state index in [-0.39, 0.29) is 12.5 Å². The van der Waals surface area contributed by atoms with E-state index in [1.165, 1.54) is 5.56 Å². The zero-order valence-electron chi connectivity index (χ0n) is 17.9. The summed E-state index contributed by atoms with van der Waals surface area (Å²) in [7, 11) is 2.03. The van der Waals surface area contributed by atoms with E-state index < -0.39 is 5.54 Å². The third kappa shape index (κ3) is 4.83. The van der Waals surface area contributed by atoms with E-state index in [2.05, 4.69) is 30.9 Å². The number of piperazine rings is 1. The van der Waals surface area contributed by atoms with Crippen LogP contribution in [0.5, 0.6) is 0 Å². The van der Waals surface area contributed by atoms with Crippen LogP contribution in [0.4, 0.5) is 0 Å². The Balaban J connectivity index is 1.85. The second-order valence-corrected chi connectivity index (χ2v) is 9.26. The van der Waals surface area contributed by atoms with Crippen LogP contribution >= 0.6 is 23.2 Å². The fourth-order valence-corrected chi connectivity index (χ4v) is 4.56. The minimum atomic E-state index is -0.503. The molecule has 1 aliphatic rings. The van der Waals surface area contributed by atoms with Crippen LogP contribution in [0.1, 0.15) is 42.9 Å². The van der Waals surface area contributed by atoms with Gasteiger partial charge in [0.2, 0.25) is 5.91 Å². The van der Waals surface area contributed by atoms with E-state index in [0.29, 0.717) is 41.9 Å². The Labute approximate surface area is 189 Å². The standard InChI is InChI=1S/C24H30Cl2N2O2/c1-17(2)19-6-4-5-18(13-19)14-23(30)28-11-10-27(3)24(16-28,9-12-29)20-7-8-21(25)22(26)15-20/h4-8,13,15,17,29H,9-12,14,16H2,1-3H3. The van der Waals surface area contributed by atoms with Crippen molar-refractivity contribution in [3.63, 3.8) is 0 Å². The SMILES string of the molecule is CC(C)c1cccc(CC(=O)N2CCN(C)C(CCO)(c3ccc(Cl)c(Cl)c3)C2)c1. The molecule has 0 aliphatic carbocycles. The molecular weight excluding hydrogens is 419 g/mol. The second kappa shape index (κ2) is 9.69. The number of rotatable bonds is 6. The number of hydrogen-bond donors (Lipinski definition) is 1. The molecule has 2 aromatic rings. The van der Waals surface area contributed by atoms with Crippen LogP contribution in [-0.2, 0) is 16.8 Å². The highest BCUT2D eigenvalue weighted by molar-refractivity contribution is 6.42. The zero-order chi connectivity index (χ0) is 21.9. The smallest absolute Gasteiger partial charge is 0.227 e. The molecule has 0 bridgehead atoms. The van der Waals surface area contributed by atoms with Gasteiger partial charge in [0.1, 0.15) is 0 Å². The van der Waals surface area contributed by atoms with Crippen LogP contribution in [0.15, 0.2) is 42.5 Å². The molecule has 1 N–H and O–H groups in total. The maximum atomic E-state index is 13.2. The summed E-state index contributed by atoms with van der Waals surface area (Å²) in [4.78, 5) is 17.3. The molecule has 0 radical (unpaired) electrons. The van der Waals surface area contributed by atoms with Crippen LogP contribution in [0.3, 0.4) is 0 Å². The third-order valence-corrected chi connectivity index (χ3v) is 6.94. The van der Waals surface area contributed by atoms with Gasteiger partial charge in [0.05, 0.1) is 22.0 Å². The maximum absolute atomic E-state index is 13.2. The van der Waals surface area contributed by atoms with Crippen LogP contribution in [0.2, 0.25) is 10.0 Å². The fraction of sp³-hybridized carbons (Fsp3) is 0.458. The highest BCUT2D eigenvalue weighted by atomic mass is 35.5. The topological polar surface area (TPSA) is 43.8 Å². The van der Waals surface area contributed by atoms with Gasteiger partial charge in [0, 0.05) is 26.2 Å². The molecule has 1 amide bonds. The van der Waals surface area contributed by atoms with Crippen molar-refractivity contribution in [2.24, 2.45) is 0 Å². The van der Waals surface area contributed by atoms with Gasteiger partial charge < -0.3 is 10.0 Å². The number of nitrogens with zero attached hydrogens (tertiary/aromatic N) is 2. The Kier molecular flexibility index (Phi) is 7.46. The molecule has 1 fully saturated rings. The number of likely N-dealkylation sites (N-methyl/N-ethyl adjacent to an activating group) is 1. The lowest BCUT2D eigenvalue weighted by molar-refractivity contribution is -0.136. The quantitative estimate of drug-likeness (QED) is 0.695. The van der Waals surface area contributed by atoms with E-state index in [4.69, 9.17) is 23.2 Å². The summed E-state index contributed by atoms with van der Waals surface area (Å²) < 4.78 is 0. The third-order valence-electron chi connectivity index (χ3n) is 6.20. The summed E-state index contributed by atoms with van der Waals surface area (Å²) in [5.41, 5.74) is 2.74. The van der Waals surface area contributed by atoms with Gasteiger partial charge in [-0.3, -0.25) is 9.69 Å². The van der Waals surface area contributed by atoms with E-state index in [0.717, 1.165) is 17.7 Å². The van der Waals surface area contributed by atoms with Gasteiger partial charge in [-0.15, -0.1) is 0 Å². The molecule has 1 aliphatic heterocycles. The number of carbonyl (C=O) groups excluding carboxylic acids is 1. The van der Waals surface area contributed by atoms with Gasteiger partial charge in [0.15, 0.2) is 0 Å². The number of amides is 1. The molecule has 0 aromatic heterocycles. The molecule has 6 heteroatoms. The van der Waals surface area contributed by atoms with Crippen molar-refractivity contribution in [2.75, 3.05) is 33.3 Å². The van der Waals surface area contributed by atoms with E-state index in [9.17, 15) is 9.90 Å². The van der Waals surface area contributed by atoms with Gasteiger partial charge in [0.25, 0.3) is 0 Å². The minimum absolute atomic E-state index is 0.0169. The summed E-state index contributed by atoms with van der Waals surface area (Å²) in [5, 5.41) is 10.8. The predicted molar refractivity (Wildman–Crippen MR) is 123 cm³/mol. The van der Waals surface area contributed by atoms with Gasteiger partial charge in [-0.05, 0) is 48.2 Å². The minimum Gasteiger partial charge on any atom is -0.396 e. The van der Waals surface area contributed by atoms with Crippen LogP contribution in [0, 0.1) is 0 Å². The predicted octanol–water partition coefficient (Wildman–Crippen LogP) is 4.71. The van der Waals surface area contributed by atoms with Crippen molar-refractivity contribution in [3.8, 4) is 0 Å². The Bertz CT molecular complexity index is 903. The molecule has 0 saturated carbocycles. The Morgan fingerprint density at radius 2 is 1.90 bits per heavy atom. The number of halogens is 2. The van der Waals surface area contributed by atoms with Crippen molar-refractivity contribution in [1.82, 2.24) is 9.80 Å². The molecule has 1 atom stereocenters.